The van der Waals surface area contributed by atoms with E-state index in [1.807, 2.05) is 37.3 Å². The quantitative estimate of drug-likeness (QED) is 0.424. The third kappa shape index (κ3) is 4.56. The zero-order valence-electron chi connectivity index (χ0n) is 17.6. The first-order valence-electron chi connectivity index (χ1n) is 10.1. The molecule has 1 aromatic rings. The van der Waals surface area contributed by atoms with E-state index < -0.39 is 6.17 Å². The molecule has 1 aromatic carbocycles. The molecule has 1 fully saturated rings. The lowest BCUT2D eigenvalue weighted by atomic mass is 9.95. The van der Waals surface area contributed by atoms with Gasteiger partial charge in [-0.25, -0.2) is 4.39 Å². The summed E-state index contributed by atoms with van der Waals surface area (Å²) in [5.74, 6) is 0. The molecule has 0 aromatic heterocycles. The summed E-state index contributed by atoms with van der Waals surface area (Å²) in [4.78, 5) is 6.65. The van der Waals surface area contributed by atoms with Crippen LogP contribution in [0.15, 0.2) is 76.6 Å². The number of nitrogens with two attached hydrogens (primary N) is 2. The highest BCUT2D eigenvalue weighted by atomic mass is 19.1. The second kappa shape index (κ2) is 9.61. The third-order valence-corrected chi connectivity index (χ3v) is 5.40. The topological polar surface area (TPSA) is 76.9 Å². The Kier molecular flexibility index (Phi) is 6.93. The number of benzene rings is 1. The maximum absolute atomic E-state index is 13.5. The van der Waals surface area contributed by atoms with Crippen molar-refractivity contribution >= 4 is 17.1 Å². The fourth-order valence-corrected chi connectivity index (χ4v) is 3.75. The van der Waals surface area contributed by atoms with Crippen molar-refractivity contribution in [2.45, 2.75) is 32.2 Å². The molecule has 6 heteroatoms. The van der Waals surface area contributed by atoms with Crippen LogP contribution in [0.4, 0.5) is 15.8 Å². The van der Waals surface area contributed by atoms with Gasteiger partial charge in [0.2, 0.25) is 0 Å². The van der Waals surface area contributed by atoms with Crippen LogP contribution in [-0.2, 0) is 11.2 Å². The number of aliphatic imine (C=N–C) groups is 1. The maximum Gasteiger partial charge on any atom is 0.159 e. The minimum absolute atomic E-state index is 0.318. The lowest BCUT2D eigenvalue weighted by molar-refractivity contribution is 0.0706. The van der Waals surface area contributed by atoms with Crippen molar-refractivity contribution in [1.82, 2.24) is 4.90 Å². The van der Waals surface area contributed by atoms with Gasteiger partial charge in [-0.2, -0.15) is 0 Å². The molecule has 0 bridgehead atoms. The number of allylic oxidation sites excluding steroid dienone is 5. The number of nitrogens with zero attached hydrogens (tertiary/aromatic N) is 2. The molecule has 1 saturated heterocycles. The van der Waals surface area contributed by atoms with Crippen LogP contribution in [0.25, 0.3) is 0 Å². The summed E-state index contributed by atoms with van der Waals surface area (Å²) in [7, 11) is 1.75. The highest BCUT2D eigenvalue weighted by molar-refractivity contribution is 6.14. The van der Waals surface area contributed by atoms with Crippen molar-refractivity contribution in [1.29, 1.82) is 0 Å². The average molecular weight is 409 g/mol. The van der Waals surface area contributed by atoms with E-state index >= 15 is 0 Å². The molecule has 0 spiro atoms. The molecule has 0 radical (unpaired) electrons. The average Bonchev–Trinajstić information content (AvgIpc) is 3.16. The van der Waals surface area contributed by atoms with Gasteiger partial charge in [0.25, 0.3) is 0 Å². The maximum atomic E-state index is 13.5. The number of anilines is 2. The van der Waals surface area contributed by atoms with Crippen LogP contribution in [0.3, 0.4) is 0 Å². The highest BCUT2D eigenvalue weighted by Crippen LogP contribution is 2.29. The first-order chi connectivity index (χ1) is 14.5. The molecule has 5 nitrogen and oxygen atoms in total. The van der Waals surface area contributed by atoms with E-state index in [4.69, 9.17) is 16.2 Å². The lowest BCUT2D eigenvalue weighted by Crippen LogP contribution is -2.35. The van der Waals surface area contributed by atoms with Gasteiger partial charge in [-0.05, 0) is 42.7 Å². The molecular weight excluding hydrogens is 379 g/mol. The number of alkyl halides is 1. The van der Waals surface area contributed by atoms with Crippen LogP contribution >= 0.6 is 0 Å². The Bertz CT molecular complexity index is 969. The first kappa shape index (κ1) is 21.6. The number of hydrogen-bond acceptors (Lipinski definition) is 5. The molecule has 3 rings (SSSR count). The van der Waals surface area contributed by atoms with Crippen LogP contribution in [0.2, 0.25) is 0 Å². The number of ether oxygens (including phenoxy) is 1. The molecule has 0 amide bonds. The molecule has 2 aliphatic rings. The second-order valence-electron chi connectivity index (χ2n) is 7.28. The Hall–Kier alpha value is -3.08. The molecule has 1 aliphatic carbocycles. The number of rotatable bonds is 6. The summed E-state index contributed by atoms with van der Waals surface area (Å²) in [6.45, 7) is 6.90. The fraction of sp³-hybridized carbons (Fsp3) is 0.333. The summed E-state index contributed by atoms with van der Waals surface area (Å²) < 4.78 is 19.6. The lowest BCUT2D eigenvalue weighted by Gasteiger charge is -2.28. The van der Waals surface area contributed by atoms with Gasteiger partial charge in [-0.1, -0.05) is 30.9 Å². The van der Waals surface area contributed by atoms with Crippen LogP contribution in [0, 0.1) is 0 Å². The Labute approximate surface area is 177 Å². The SMILES string of the molecule is C=C=C1COC(/C(=C/C)C(=NC)C2=CCC(F)C=C2)N1CCc1ccc(N)c(N)c1. The normalized spacial score (nSPS) is 22.3. The predicted molar refractivity (Wildman–Crippen MR) is 122 cm³/mol. The van der Waals surface area contributed by atoms with E-state index in [2.05, 4.69) is 22.2 Å². The smallest absolute Gasteiger partial charge is 0.159 e. The fourth-order valence-electron chi connectivity index (χ4n) is 3.75. The van der Waals surface area contributed by atoms with Gasteiger partial charge in [-0.15, -0.1) is 5.73 Å². The molecule has 30 heavy (non-hydrogen) atoms. The summed E-state index contributed by atoms with van der Waals surface area (Å²) >= 11 is 0. The number of halogens is 1. The Morgan fingerprint density at radius 1 is 1.40 bits per heavy atom. The summed E-state index contributed by atoms with van der Waals surface area (Å²) in [6.07, 6.45) is 7.11. The zero-order chi connectivity index (χ0) is 21.7. The van der Waals surface area contributed by atoms with Gasteiger partial charge in [0, 0.05) is 25.6 Å². The van der Waals surface area contributed by atoms with Crippen LogP contribution < -0.4 is 11.5 Å². The van der Waals surface area contributed by atoms with Gasteiger partial charge in [-0.3, -0.25) is 4.99 Å². The summed E-state index contributed by atoms with van der Waals surface area (Å²) in [5.41, 5.74) is 20.6. The largest absolute Gasteiger partial charge is 0.397 e. The molecule has 4 N–H and O–H groups in total. The van der Waals surface area contributed by atoms with Crippen LogP contribution in [0.5, 0.6) is 0 Å². The first-order valence-corrected chi connectivity index (χ1v) is 10.1. The molecular formula is C24H29FN4O. The van der Waals surface area contributed by atoms with E-state index in [1.165, 1.54) is 0 Å². The monoisotopic (exact) mass is 408 g/mol. The Morgan fingerprint density at radius 3 is 2.80 bits per heavy atom. The highest BCUT2D eigenvalue weighted by Gasteiger charge is 2.34. The standard InChI is InChI=1S/C24H29FN4O/c1-4-19-15-30-24(29(19)13-12-16-6-11-21(26)22(27)14-16)20(5-2)23(28-3)17-7-9-18(25)10-8-17/h5-9,11,14,18,24H,1,10,12-13,15,26-27H2,2-3H3/b20-5+,28-23?. The molecule has 1 aliphatic heterocycles. The van der Waals surface area contributed by atoms with E-state index in [0.717, 1.165) is 34.5 Å². The summed E-state index contributed by atoms with van der Waals surface area (Å²) in [5, 5.41) is 0. The van der Waals surface area contributed by atoms with Crippen LogP contribution in [-0.4, -0.2) is 43.2 Å². The van der Waals surface area contributed by atoms with Crippen molar-refractivity contribution in [3.05, 3.63) is 77.2 Å². The van der Waals surface area contributed by atoms with Gasteiger partial charge in [0.1, 0.15) is 6.17 Å². The molecule has 0 saturated carbocycles. The van der Waals surface area contributed by atoms with E-state index in [9.17, 15) is 4.39 Å². The van der Waals surface area contributed by atoms with Crippen molar-refractivity contribution in [2.75, 3.05) is 31.7 Å². The van der Waals surface area contributed by atoms with E-state index in [0.29, 0.717) is 30.9 Å². The minimum atomic E-state index is -0.942. The Morgan fingerprint density at radius 2 is 2.20 bits per heavy atom. The van der Waals surface area contributed by atoms with Crippen LogP contribution in [0.1, 0.15) is 18.9 Å². The van der Waals surface area contributed by atoms with E-state index in [1.54, 1.807) is 19.2 Å². The third-order valence-electron chi connectivity index (χ3n) is 5.40. The number of hydrogen-bond donors (Lipinski definition) is 2. The van der Waals surface area contributed by atoms with E-state index in [-0.39, 0.29) is 6.23 Å². The molecule has 1 heterocycles. The minimum Gasteiger partial charge on any atom is -0.397 e. The van der Waals surface area contributed by atoms with Gasteiger partial charge < -0.3 is 21.1 Å². The predicted octanol–water partition coefficient (Wildman–Crippen LogP) is 3.96. The van der Waals surface area contributed by atoms with Crippen molar-refractivity contribution in [3.8, 4) is 0 Å². The molecule has 2 unspecified atom stereocenters. The van der Waals surface area contributed by atoms with Crippen molar-refractivity contribution in [3.63, 3.8) is 0 Å². The van der Waals surface area contributed by atoms with Crippen molar-refractivity contribution in [2.24, 2.45) is 4.99 Å². The molecule has 2 atom stereocenters. The number of nitrogen functional groups attached to an aromatic ring is 2. The Balaban J connectivity index is 1.83. The van der Waals surface area contributed by atoms with Gasteiger partial charge in [0.15, 0.2) is 6.23 Å². The summed E-state index contributed by atoms with van der Waals surface area (Å²) in [6, 6.07) is 5.71. The van der Waals surface area contributed by atoms with Crippen molar-refractivity contribution < 1.29 is 9.13 Å². The second-order valence-corrected chi connectivity index (χ2v) is 7.28. The van der Waals surface area contributed by atoms with Gasteiger partial charge >= 0.3 is 0 Å². The zero-order valence-corrected chi connectivity index (χ0v) is 17.6. The molecule has 158 valence electrons. The van der Waals surface area contributed by atoms with Gasteiger partial charge in [0.05, 0.1) is 29.4 Å².